The van der Waals surface area contributed by atoms with Crippen molar-refractivity contribution in [1.82, 2.24) is 14.6 Å². The van der Waals surface area contributed by atoms with Crippen LogP contribution in [0, 0.1) is 0 Å². The van der Waals surface area contributed by atoms with Crippen LogP contribution < -0.4 is 0 Å². The first-order valence-corrected chi connectivity index (χ1v) is 4.69. The molecule has 0 saturated carbocycles. The van der Waals surface area contributed by atoms with E-state index in [0.717, 1.165) is 5.52 Å². The number of halogens is 2. The number of aromatic nitrogens is 3. The van der Waals surface area contributed by atoms with Crippen LogP contribution in [0.4, 0.5) is 0 Å². The molecule has 0 fully saturated rings. The number of hydrogen-bond donors (Lipinski definition) is 0. The Morgan fingerprint density at radius 3 is 2.69 bits per heavy atom. The molecule has 0 bridgehead atoms. The molecule has 70 valence electrons. The van der Waals surface area contributed by atoms with Gasteiger partial charge < -0.3 is 0 Å². The quantitative estimate of drug-likeness (QED) is 0.680. The molecule has 2 aromatic rings. The van der Waals surface area contributed by atoms with Gasteiger partial charge in [-0.05, 0) is 23.7 Å². The highest BCUT2D eigenvalue weighted by Gasteiger charge is 2.01. The summed E-state index contributed by atoms with van der Waals surface area (Å²) in [6.45, 7) is 4.00. The lowest BCUT2D eigenvalue weighted by atomic mass is 10.5. The molecule has 13 heavy (non-hydrogen) atoms. The van der Waals surface area contributed by atoms with Gasteiger partial charge in [0.15, 0.2) is 5.15 Å². The molecular formula is C8H9Cl2N3. The lowest BCUT2D eigenvalue weighted by molar-refractivity contribution is 0.904. The molecule has 2 heterocycles. The van der Waals surface area contributed by atoms with Crippen molar-refractivity contribution in [3.63, 3.8) is 0 Å². The summed E-state index contributed by atoms with van der Waals surface area (Å²) in [4.78, 5) is 3.77. The molecule has 0 unspecified atom stereocenters. The second-order valence-corrected chi connectivity index (χ2v) is 2.71. The van der Waals surface area contributed by atoms with Crippen LogP contribution in [-0.2, 0) is 0 Å². The molecule has 3 nitrogen and oxygen atoms in total. The number of fused-ring (bicyclic) bond motifs is 1. The summed E-state index contributed by atoms with van der Waals surface area (Å²) >= 11 is 11.3. The monoisotopic (exact) mass is 217 g/mol. The van der Waals surface area contributed by atoms with E-state index in [-0.39, 0.29) is 5.28 Å². The SMILES string of the molecule is CC.Clc1nc(Cl)c2cccn2n1. The van der Waals surface area contributed by atoms with Gasteiger partial charge >= 0.3 is 0 Å². The van der Waals surface area contributed by atoms with E-state index in [1.165, 1.54) is 0 Å². The number of rotatable bonds is 0. The summed E-state index contributed by atoms with van der Waals surface area (Å²) in [6, 6.07) is 3.64. The van der Waals surface area contributed by atoms with E-state index in [1.54, 1.807) is 10.7 Å². The van der Waals surface area contributed by atoms with Gasteiger partial charge in [0, 0.05) is 6.20 Å². The summed E-state index contributed by atoms with van der Waals surface area (Å²) in [5, 5.41) is 4.40. The molecule has 0 radical (unpaired) electrons. The highest BCUT2D eigenvalue weighted by Crippen LogP contribution is 2.15. The normalized spacial score (nSPS) is 9.54. The third-order valence-corrected chi connectivity index (χ3v) is 1.76. The largest absolute Gasteiger partial charge is 0.242 e. The zero-order valence-electron chi connectivity index (χ0n) is 7.33. The zero-order valence-corrected chi connectivity index (χ0v) is 8.84. The van der Waals surface area contributed by atoms with Gasteiger partial charge in [0.1, 0.15) is 5.52 Å². The van der Waals surface area contributed by atoms with Crippen molar-refractivity contribution in [2.45, 2.75) is 13.8 Å². The smallest absolute Gasteiger partial charge is 0.235 e. The van der Waals surface area contributed by atoms with Crippen LogP contribution in [0.3, 0.4) is 0 Å². The summed E-state index contributed by atoms with van der Waals surface area (Å²) in [7, 11) is 0. The summed E-state index contributed by atoms with van der Waals surface area (Å²) in [6.07, 6.45) is 1.76. The minimum Gasteiger partial charge on any atom is -0.235 e. The van der Waals surface area contributed by atoms with E-state index in [2.05, 4.69) is 10.1 Å². The lowest BCUT2D eigenvalue weighted by Gasteiger charge is -1.95. The molecule has 0 aliphatic heterocycles. The molecule has 2 aromatic heterocycles. The predicted octanol–water partition coefficient (Wildman–Crippen LogP) is 3.06. The van der Waals surface area contributed by atoms with Crippen molar-refractivity contribution in [3.05, 3.63) is 28.8 Å². The average Bonchev–Trinajstić information content (AvgIpc) is 2.55. The van der Waals surface area contributed by atoms with E-state index in [4.69, 9.17) is 23.2 Å². The standard InChI is InChI=1S/C6H3Cl2N3.C2H6/c7-5-4-2-1-3-11(4)10-6(8)9-5;1-2/h1-3H;1-2H3. The Kier molecular flexibility index (Phi) is 3.51. The minimum absolute atomic E-state index is 0.152. The Balaban J connectivity index is 0.000000396. The molecule has 5 heteroatoms. The molecule has 2 rings (SSSR count). The van der Waals surface area contributed by atoms with Crippen molar-refractivity contribution < 1.29 is 0 Å². The Hall–Kier alpha value is -0.800. The van der Waals surface area contributed by atoms with Gasteiger partial charge in [0.25, 0.3) is 0 Å². The fraction of sp³-hybridized carbons (Fsp3) is 0.250. The fourth-order valence-electron chi connectivity index (χ4n) is 0.872. The maximum atomic E-state index is 5.75. The maximum Gasteiger partial charge on any atom is 0.242 e. The van der Waals surface area contributed by atoms with Crippen molar-refractivity contribution in [2.75, 3.05) is 0 Å². The van der Waals surface area contributed by atoms with Crippen molar-refractivity contribution in [3.8, 4) is 0 Å². The zero-order chi connectivity index (χ0) is 9.84. The fourth-order valence-corrected chi connectivity index (χ4v) is 1.31. The van der Waals surface area contributed by atoms with Gasteiger partial charge in [-0.1, -0.05) is 25.4 Å². The van der Waals surface area contributed by atoms with Gasteiger partial charge in [-0.15, -0.1) is 5.10 Å². The van der Waals surface area contributed by atoms with Crippen LogP contribution in [0.5, 0.6) is 0 Å². The Bertz CT molecular complexity index is 397. The van der Waals surface area contributed by atoms with Gasteiger partial charge in [0.2, 0.25) is 5.28 Å². The van der Waals surface area contributed by atoms with Crippen molar-refractivity contribution >= 4 is 28.7 Å². The summed E-state index contributed by atoms with van der Waals surface area (Å²) < 4.78 is 1.58. The highest BCUT2D eigenvalue weighted by atomic mass is 35.5. The summed E-state index contributed by atoms with van der Waals surface area (Å²) in [5.41, 5.74) is 0.760. The van der Waals surface area contributed by atoms with Crippen LogP contribution in [0.25, 0.3) is 5.52 Å². The molecular weight excluding hydrogens is 209 g/mol. The second kappa shape index (κ2) is 4.44. The van der Waals surface area contributed by atoms with Gasteiger partial charge in [0.05, 0.1) is 0 Å². The van der Waals surface area contributed by atoms with E-state index >= 15 is 0 Å². The molecule has 0 amide bonds. The van der Waals surface area contributed by atoms with E-state index in [9.17, 15) is 0 Å². The lowest BCUT2D eigenvalue weighted by Crippen LogP contribution is -1.93. The molecule has 0 aliphatic rings. The van der Waals surface area contributed by atoms with Crippen LogP contribution in [0.1, 0.15) is 13.8 Å². The number of nitrogens with zero attached hydrogens (tertiary/aromatic N) is 3. The molecule has 0 aliphatic carbocycles. The summed E-state index contributed by atoms with van der Waals surface area (Å²) in [5.74, 6) is 0. The van der Waals surface area contributed by atoms with E-state index in [0.29, 0.717) is 5.15 Å². The van der Waals surface area contributed by atoms with Gasteiger partial charge in [-0.2, -0.15) is 0 Å². The van der Waals surface area contributed by atoms with Gasteiger partial charge in [-0.25, -0.2) is 9.50 Å². The Morgan fingerprint density at radius 2 is 2.00 bits per heavy atom. The molecule has 0 saturated heterocycles. The van der Waals surface area contributed by atoms with Crippen molar-refractivity contribution in [1.29, 1.82) is 0 Å². The van der Waals surface area contributed by atoms with Crippen LogP contribution in [0.2, 0.25) is 10.4 Å². The average molecular weight is 218 g/mol. The number of hydrogen-bond acceptors (Lipinski definition) is 2. The molecule has 0 atom stereocenters. The molecule has 0 N–H and O–H groups in total. The Labute approximate surface area is 86.3 Å². The minimum atomic E-state index is 0.152. The first-order chi connectivity index (χ1) is 6.27. The highest BCUT2D eigenvalue weighted by molar-refractivity contribution is 6.34. The van der Waals surface area contributed by atoms with E-state index < -0.39 is 0 Å². The van der Waals surface area contributed by atoms with E-state index in [1.807, 2.05) is 26.0 Å². The molecule has 0 aromatic carbocycles. The van der Waals surface area contributed by atoms with Crippen molar-refractivity contribution in [2.24, 2.45) is 0 Å². The predicted molar refractivity (Wildman–Crippen MR) is 54.4 cm³/mol. The first-order valence-electron chi connectivity index (χ1n) is 3.94. The van der Waals surface area contributed by atoms with Crippen LogP contribution in [0.15, 0.2) is 18.3 Å². The topological polar surface area (TPSA) is 30.2 Å². The third-order valence-electron chi connectivity index (χ3n) is 1.32. The van der Waals surface area contributed by atoms with Crippen LogP contribution in [-0.4, -0.2) is 14.6 Å². The third kappa shape index (κ3) is 2.11. The maximum absolute atomic E-state index is 5.75. The Morgan fingerprint density at radius 1 is 1.31 bits per heavy atom. The van der Waals surface area contributed by atoms with Crippen LogP contribution >= 0.6 is 23.2 Å². The second-order valence-electron chi connectivity index (χ2n) is 2.01. The van der Waals surface area contributed by atoms with Gasteiger partial charge in [-0.3, -0.25) is 0 Å². The molecule has 0 spiro atoms. The first kappa shape index (κ1) is 10.3.